The minimum absolute atomic E-state index is 0.301. The second-order valence-corrected chi connectivity index (χ2v) is 8.24. The molecule has 0 aromatic carbocycles. The molecule has 0 unspecified atom stereocenters. The fourth-order valence-electron chi connectivity index (χ4n) is 2.79. The minimum atomic E-state index is 0.301. The fourth-order valence-corrected chi connectivity index (χ4v) is 3.91. The van der Waals surface area contributed by atoms with Crippen molar-refractivity contribution in [1.29, 1.82) is 0 Å². The van der Waals surface area contributed by atoms with Crippen LogP contribution in [0.25, 0.3) is 0 Å². The van der Waals surface area contributed by atoms with Crippen molar-refractivity contribution < 1.29 is 0 Å². The van der Waals surface area contributed by atoms with E-state index in [-0.39, 0.29) is 0 Å². The smallest absolute Gasteiger partial charge is 0.137 e. The fraction of sp³-hybridized carbons (Fsp3) is 0.733. The summed E-state index contributed by atoms with van der Waals surface area (Å²) < 4.78 is 0.301. The van der Waals surface area contributed by atoms with Crippen LogP contribution in [0.1, 0.15) is 44.0 Å². The zero-order valence-electron chi connectivity index (χ0n) is 12.9. The standard InChI is InChI=1S/C15H24N4S/c1-10-12(16-4)17-13(11-5-6-11)18-14(10)19-7-8-20-15(2,3)9-19/h11H,5-9H2,1-4H3,(H,16,17,18). The third kappa shape index (κ3) is 2.73. The summed E-state index contributed by atoms with van der Waals surface area (Å²) in [4.78, 5) is 12.0. The molecule has 20 heavy (non-hydrogen) atoms. The quantitative estimate of drug-likeness (QED) is 0.927. The predicted octanol–water partition coefficient (Wildman–Crippen LogP) is 3.04. The van der Waals surface area contributed by atoms with Crippen LogP contribution in [0.15, 0.2) is 0 Å². The molecule has 1 aliphatic carbocycles. The third-order valence-electron chi connectivity index (χ3n) is 4.04. The lowest BCUT2D eigenvalue weighted by Gasteiger charge is -2.39. The first-order valence-corrected chi connectivity index (χ1v) is 8.44. The van der Waals surface area contributed by atoms with Crippen molar-refractivity contribution in [3.05, 3.63) is 11.4 Å². The Balaban J connectivity index is 1.96. The van der Waals surface area contributed by atoms with Crippen LogP contribution in [-0.4, -0.2) is 40.6 Å². The van der Waals surface area contributed by atoms with Gasteiger partial charge in [-0.2, -0.15) is 11.8 Å². The van der Waals surface area contributed by atoms with E-state index in [0.717, 1.165) is 30.5 Å². The monoisotopic (exact) mass is 292 g/mol. The molecule has 0 radical (unpaired) electrons. The van der Waals surface area contributed by atoms with E-state index in [1.807, 2.05) is 7.05 Å². The van der Waals surface area contributed by atoms with E-state index in [2.05, 4.69) is 42.7 Å². The highest BCUT2D eigenvalue weighted by Crippen LogP contribution is 2.41. The molecule has 0 amide bonds. The molecule has 2 aliphatic rings. The molecule has 1 N–H and O–H groups in total. The van der Waals surface area contributed by atoms with E-state index in [0.29, 0.717) is 10.7 Å². The highest BCUT2D eigenvalue weighted by Gasteiger charge is 2.32. The molecule has 3 rings (SSSR count). The highest BCUT2D eigenvalue weighted by molar-refractivity contribution is 8.00. The van der Waals surface area contributed by atoms with Gasteiger partial charge in [0.25, 0.3) is 0 Å². The lowest BCUT2D eigenvalue weighted by molar-refractivity contribution is 0.638. The Morgan fingerprint density at radius 1 is 1.30 bits per heavy atom. The molecule has 2 heterocycles. The van der Waals surface area contributed by atoms with Gasteiger partial charge in [0.1, 0.15) is 17.5 Å². The first-order chi connectivity index (χ1) is 9.50. The summed E-state index contributed by atoms with van der Waals surface area (Å²) in [7, 11) is 1.95. The first kappa shape index (κ1) is 14.0. The summed E-state index contributed by atoms with van der Waals surface area (Å²) >= 11 is 2.06. The molecule has 1 aromatic heterocycles. The molecule has 0 bridgehead atoms. The number of hydrogen-bond donors (Lipinski definition) is 1. The summed E-state index contributed by atoms with van der Waals surface area (Å²) in [5, 5.41) is 3.24. The minimum Gasteiger partial charge on any atom is -0.373 e. The molecular formula is C15H24N4S. The Morgan fingerprint density at radius 2 is 2.05 bits per heavy atom. The van der Waals surface area contributed by atoms with Crippen molar-refractivity contribution in [2.75, 3.05) is 36.1 Å². The lowest BCUT2D eigenvalue weighted by Crippen LogP contribution is -2.44. The van der Waals surface area contributed by atoms with Crippen molar-refractivity contribution >= 4 is 23.4 Å². The van der Waals surface area contributed by atoms with Crippen molar-refractivity contribution in [2.24, 2.45) is 0 Å². The van der Waals surface area contributed by atoms with Crippen molar-refractivity contribution in [1.82, 2.24) is 9.97 Å². The molecular weight excluding hydrogens is 268 g/mol. The van der Waals surface area contributed by atoms with E-state index in [1.54, 1.807) is 0 Å². The molecule has 4 nitrogen and oxygen atoms in total. The zero-order valence-corrected chi connectivity index (χ0v) is 13.7. The van der Waals surface area contributed by atoms with E-state index >= 15 is 0 Å². The SMILES string of the molecule is CNc1nc(C2CC2)nc(N2CCSC(C)(C)C2)c1C. The molecule has 1 saturated carbocycles. The van der Waals surface area contributed by atoms with E-state index < -0.39 is 0 Å². The Morgan fingerprint density at radius 3 is 2.65 bits per heavy atom. The van der Waals surface area contributed by atoms with Gasteiger partial charge in [0.15, 0.2) is 0 Å². The van der Waals surface area contributed by atoms with Gasteiger partial charge in [0.05, 0.1) is 0 Å². The largest absolute Gasteiger partial charge is 0.373 e. The number of hydrogen-bond acceptors (Lipinski definition) is 5. The van der Waals surface area contributed by atoms with Crippen LogP contribution in [0, 0.1) is 6.92 Å². The maximum absolute atomic E-state index is 4.90. The number of rotatable bonds is 3. The van der Waals surface area contributed by atoms with Crippen LogP contribution in [0.5, 0.6) is 0 Å². The number of nitrogens with zero attached hydrogens (tertiary/aromatic N) is 3. The molecule has 1 aromatic rings. The topological polar surface area (TPSA) is 41.1 Å². The Kier molecular flexibility index (Phi) is 3.56. The summed E-state index contributed by atoms with van der Waals surface area (Å²) in [5.74, 6) is 4.93. The first-order valence-electron chi connectivity index (χ1n) is 7.45. The summed E-state index contributed by atoms with van der Waals surface area (Å²) in [6.07, 6.45) is 2.49. The van der Waals surface area contributed by atoms with Gasteiger partial charge in [0.2, 0.25) is 0 Å². The van der Waals surface area contributed by atoms with Crippen LogP contribution in [0.2, 0.25) is 0 Å². The maximum Gasteiger partial charge on any atom is 0.137 e. The van der Waals surface area contributed by atoms with Crippen LogP contribution in [-0.2, 0) is 0 Å². The third-order valence-corrected chi connectivity index (χ3v) is 5.34. The number of thioether (sulfide) groups is 1. The van der Waals surface area contributed by atoms with Gasteiger partial charge in [0, 0.05) is 42.1 Å². The molecule has 0 atom stereocenters. The molecule has 1 aliphatic heterocycles. The predicted molar refractivity (Wildman–Crippen MR) is 87.0 cm³/mol. The summed E-state index contributed by atoms with van der Waals surface area (Å²) in [6.45, 7) is 8.91. The molecule has 110 valence electrons. The number of nitrogens with one attached hydrogen (secondary N) is 1. The van der Waals surface area contributed by atoms with Crippen molar-refractivity contribution in [2.45, 2.75) is 44.3 Å². The van der Waals surface area contributed by atoms with E-state index in [4.69, 9.17) is 9.97 Å². The second kappa shape index (κ2) is 5.10. The molecule has 2 fully saturated rings. The highest BCUT2D eigenvalue weighted by atomic mass is 32.2. The Labute approximate surface area is 125 Å². The van der Waals surface area contributed by atoms with Gasteiger partial charge in [-0.3, -0.25) is 0 Å². The van der Waals surface area contributed by atoms with Gasteiger partial charge in [-0.15, -0.1) is 0 Å². The van der Waals surface area contributed by atoms with Gasteiger partial charge >= 0.3 is 0 Å². The molecule has 1 saturated heterocycles. The Hall–Kier alpha value is -0.970. The molecule has 5 heteroatoms. The van der Waals surface area contributed by atoms with Crippen LogP contribution in [0.3, 0.4) is 0 Å². The van der Waals surface area contributed by atoms with Gasteiger partial charge in [-0.1, -0.05) is 0 Å². The summed E-state index contributed by atoms with van der Waals surface area (Å²) in [6, 6.07) is 0. The lowest BCUT2D eigenvalue weighted by atomic mass is 10.1. The average Bonchev–Trinajstić information content (AvgIpc) is 3.22. The van der Waals surface area contributed by atoms with Gasteiger partial charge in [-0.25, -0.2) is 9.97 Å². The number of anilines is 2. The number of aromatic nitrogens is 2. The van der Waals surface area contributed by atoms with Crippen LogP contribution < -0.4 is 10.2 Å². The summed E-state index contributed by atoms with van der Waals surface area (Å²) in [5.41, 5.74) is 1.18. The normalized spacial score (nSPS) is 21.9. The average molecular weight is 292 g/mol. The molecule has 0 spiro atoms. The maximum atomic E-state index is 4.90. The zero-order chi connectivity index (χ0) is 14.3. The Bertz CT molecular complexity index is 511. The second-order valence-electron chi connectivity index (χ2n) is 6.43. The van der Waals surface area contributed by atoms with Crippen molar-refractivity contribution in [3.63, 3.8) is 0 Å². The van der Waals surface area contributed by atoms with E-state index in [9.17, 15) is 0 Å². The van der Waals surface area contributed by atoms with Gasteiger partial charge < -0.3 is 10.2 Å². The van der Waals surface area contributed by atoms with Crippen molar-refractivity contribution in [3.8, 4) is 0 Å². The van der Waals surface area contributed by atoms with Crippen LogP contribution >= 0.6 is 11.8 Å². The van der Waals surface area contributed by atoms with Crippen LogP contribution in [0.4, 0.5) is 11.6 Å². The van der Waals surface area contributed by atoms with Gasteiger partial charge in [-0.05, 0) is 33.6 Å². The van der Waals surface area contributed by atoms with E-state index in [1.165, 1.54) is 24.2 Å².